The second-order valence-electron chi connectivity index (χ2n) is 7.85. The van der Waals surface area contributed by atoms with E-state index >= 15 is 0 Å². The summed E-state index contributed by atoms with van der Waals surface area (Å²) in [6, 6.07) is 8.38. The monoisotopic (exact) mass is 465 g/mol. The van der Waals surface area contributed by atoms with E-state index in [0.717, 1.165) is 12.1 Å². The molecule has 0 bridgehead atoms. The molecular formula is C25H21F2N3O4. The Hall–Kier alpha value is -4.01. The highest BCUT2D eigenvalue weighted by Gasteiger charge is 2.27. The highest BCUT2D eigenvalue weighted by molar-refractivity contribution is 5.99. The van der Waals surface area contributed by atoms with E-state index in [-0.39, 0.29) is 48.9 Å². The van der Waals surface area contributed by atoms with Crippen molar-refractivity contribution in [2.24, 2.45) is 0 Å². The van der Waals surface area contributed by atoms with Gasteiger partial charge in [-0.1, -0.05) is 6.07 Å². The number of hydrogen-bond donors (Lipinski definition) is 1. The van der Waals surface area contributed by atoms with Crippen LogP contribution in [0.3, 0.4) is 0 Å². The Labute approximate surface area is 194 Å². The van der Waals surface area contributed by atoms with Crippen molar-refractivity contribution in [2.45, 2.75) is 32.7 Å². The van der Waals surface area contributed by atoms with Crippen LogP contribution in [0.2, 0.25) is 0 Å². The third kappa shape index (κ3) is 4.98. The van der Waals surface area contributed by atoms with E-state index in [2.05, 4.69) is 15.3 Å². The number of ketones is 1. The average molecular weight is 465 g/mol. The second-order valence-corrected chi connectivity index (χ2v) is 7.85. The van der Waals surface area contributed by atoms with Gasteiger partial charge in [0.1, 0.15) is 11.6 Å². The number of Topliss-reactive ketones (excluding diaryl/α,β-unsaturated/α-hetero) is 1. The van der Waals surface area contributed by atoms with Gasteiger partial charge in [-0.05, 0) is 42.3 Å². The Balaban J connectivity index is 1.57. The summed E-state index contributed by atoms with van der Waals surface area (Å²) in [4.78, 5) is 44.1. The van der Waals surface area contributed by atoms with Gasteiger partial charge in [0.05, 0.1) is 35.7 Å². The molecule has 0 spiro atoms. The van der Waals surface area contributed by atoms with E-state index in [9.17, 15) is 23.2 Å². The quantitative estimate of drug-likeness (QED) is 0.309. The van der Waals surface area contributed by atoms with Crippen molar-refractivity contribution in [2.75, 3.05) is 6.61 Å². The Bertz CT molecular complexity index is 1260. The normalized spacial score (nSPS) is 12.3. The minimum Gasteiger partial charge on any atom is -0.466 e. The number of aromatic nitrogens is 2. The molecule has 3 aromatic rings. The Morgan fingerprint density at radius 2 is 1.88 bits per heavy atom. The van der Waals surface area contributed by atoms with Crippen molar-refractivity contribution >= 4 is 17.7 Å². The summed E-state index contributed by atoms with van der Waals surface area (Å²) in [6.07, 6.45) is 2.28. The number of nitrogens with one attached hydrogen (secondary N) is 1. The lowest BCUT2D eigenvalue weighted by atomic mass is 9.98. The number of amides is 1. The van der Waals surface area contributed by atoms with E-state index < -0.39 is 17.6 Å². The van der Waals surface area contributed by atoms with Crippen LogP contribution in [0.4, 0.5) is 8.78 Å². The maximum Gasteiger partial charge on any atom is 0.302 e. The van der Waals surface area contributed by atoms with Crippen LogP contribution < -0.4 is 5.32 Å². The molecule has 1 aromatic carbocycles. The number of nitrogens with zero attached hydrogens (tertiary/aromatic N) is 2. The number of halogens is 2. The third-order valence-electron chi connectivity index (χ3n) is 5.41. The number of hydrogen-bond acceptors (Lipinski definition) is 6. The van der Waals surface area contributed by atoms with Crippen LogP contribution in [-0.4, -0.2) is 34.2 Å². The first-order valence-corrected chi connectivity index (χ1v) is 10.7. The predicted octanol–water partition coefficient (Wildman–Crippen LogP) is 3.78. The van der Waals surface area contributed by atoms with Gasteiger partial charge in [0.25, 0.3) is 5.91 Å². The standard InChI is InChI=1S/C25H21F2N3O4/c1-14(31)34-9-3-6-22(32)15-7-8-17(28-12-15)10-16-11-20(24-18(26)4-2-5-19(24)27)30-21-13-29-25(33)23(16)21/h2,4-5,7-8,11-12H,3,6,9-10,13H2,1H3,(H,29,33). The first kappa shape index (κ1) is 23.2. The van der Waals surface area contributed by atoms with Crippen molar-refractivity contribution in [3.63, 3.8) is 0 Å². The Morgan fingerprint density at radius 3 is 2.56 bits per heavy atom. The highest BCUT2D eigenvalue weighted by atomic mass is 19.1. The van der Waals surface area contributed by atoms with Crippen LogP contribution in [-0.2, 0) is 22.5 Å². The molecule has 2 aromatic heterocycles. The first-order chi connectivity index (χ1) is 16.3. The lowest BCUT2D eigenvalue weighted by Gasteiger charge is -2.11. The Kier molecular flexibility index (Phi) is 6.72. The lowest BCUT2D eigenvalue weighted by molar-refractivity contribution is -0.141. The lowest BCUT2D eigenvalue weighted by Crippen LogP contribution is -2.14. The highest BCUT2D eigenvalue weighted by Crippen LogP contribution is 2.30. The van der Waals surface area contributed by atoms with Crippen LogP contribution >= 0.6 is 0 Å². The maximum atomic E-state index is 14.4. The summed E-state index contributed by atoms with van der Waals surface area (Å²) in [6.45, 7) is 1.65. The smallest absolute Gasteiger partial charge is 0.302 e. The van der Waals surface area contributed by atoms with Crippen molar-refractivity contribution in [3.05, 3.63) is 82.3 Å². The number of rotatable bonds is 8. The molecule has 0 fully saturated rings. The molecule has 0 radical (unpaired) electrons. The molecule has 0 saturated heterocycles. The molecule has 0 aliphatic carbocycles. The fourth-order valence-corrected chi connectivity index (χ4v) is 3.81. The first-order valence-electron chi connectivity index (χ1n) is 10.7. The third-order valence-corrected chi connectivity index (χ3v) is 5.41. The summed E-state index contributed by atoms with van der Waals surface area (Å²) < 4.78 is 33.5. The number of benzene rings is 1. The maximum absolute atomic E-state index is 14.4. The summed E-state index contributed by atoms with van der Waals surface area (Å²) in [5.74, 6) is -2.32. The van der Waals surface area contributed by atoms with Crippen LogP contribution in [0.25, 0.3) is 11.3 Å². The van der Waals surface area contributed by atoms with Gasteiger partial charge in [-0.15, -0.1) is 0 Å². The van der Waals surface area contributed by atoms with Crippen molar-refractivity contribution in [3.8, 4) is 11.3 Å². The van der Waals surface area contributed by atoms with E-state index in [1.54, 1.807) is 12.1 Å². The topological polar surface area (TPSA) is 98.3 Å². The number of ether oxygens (including phenoxy) is 1. The molecule has 1 N–H and O–H groups in total. The summed E-state index contributed by atoms with van der Waals surface area (Å²) >= 11 is 0. The number of pyridine rings is 2. The molecule has 1 amide bonds. The fourth-order valence-electron chi connectivity index (χ4n) is 3.81. The van der Waals surface area contributed by atoms with Gasteiger partial charge in [-0.3, -0.25) is 19.4 Å². The number of esters is 1. The van der Waals surface area contributed by atoms with Crippen molar-refractivity contribution in [1.82, 2.24) is 15.3 Å². The average Bonchev–Trinajstić information content (AvgIpc) is 3.18. The van der Waals surface area contributed by atoms with Gasteiger partial charge >= 0.3 is 5.97 Å². The van der Waals surface area contributed by atoms with Crippen LogP contribution in [0.15, 0.2) is 42.6 Å². The van der Waals surface area contributed by atoms with E-state index in [1.165, 1.54) is 25.3 Å². The summed E-state index contributed by atoms with van der Waals surface area (Å²) in [5, 5.41) is 2.69. The molecule has 3 heterocycles. The van der Waals surface area contributed by atoms with Gasteiger partial charge in [0.15, 0.2) is 5.78 Å². The van der Waals surface area contributed by atoms with E-state index in [0.29, 0.717) is 34.5 Å². The fraction of sp³-hybridized carbons (Fsp3) is 0.240. The van der Waals surface area contributed by atoms with Gasteiger partial charge in [0.2, 0.25) is 0 Å². The molecule has 0 saturated carbocycles. The van der Waals surface area contributed by atoms with E-state index in [4.69, 9.17) is 4.74 Å². The molecule has 0 unspecified atom stereocenters. The molecule has 9 heteroatoms. The van der Waals surface area contributed by atoms with Crippen LogP contribution in [0, 0.1) is 11.6 Å². The summed E-state index contributed by atoms with van der Waals surface area (Å²) in [7, 11) is 0. The van der Waals surface area contributed by atoms with Gasteiger partial charge in [0, 0.05) is 37.2 Å². The van der Waals surface area contributed by atoms with Gasteiger partial charge < -0.3 is 10.1 Å². The molecular weight excluding hydrogens is 444 g/mol. The molecule has 7 nitrogen and oxygen atoms in total. The van der Waals surface area contributed by atoms with Crippen LogP contribution in [0.5, 0.6) is 0 Å². The van der Waals surface area contributed by atoms with Gasteiger partial charge in [-0.25, -0.2) is 13.8 Å². The molecule has 1 aliphatic rings. The molecule has 174 valence electrons. The predicted molar refractivity (Wildman–Crippen MR) is 118 cm³/mol. The van der Waals surface area contributed by atoms with Gasteiger partial charge in [-0.2, -0.15) is 0 Å². The second kappa shape index (κ2) is 9.86. The molecule has 34 heavy (non-hydrogen) atoms. The zero-order chi connectivity index (χ0) is 24.2. The molecule has 0 atom stereocenters. The Morgan fingerprint density at radius 1 is 1.12 bits per heavy atom. The molecule has 1 aliphatic heterocycles. The van der Waals surface area contributed by atoms with Crippen molar-refractivity contribution in [1.29, 1.82) is 0 Å². The zero-order valence-electron chi connectivity index (χ0n) is 18.4. The minimum atomic E-state index is -0.745. The number of carbonyl (C=O) groups excluding carboxylic acids is 3. The van der Waals surface area contributed by atoms with E-state index in [1.807, 2.05) is 0 Å². The SMILES string of the molecule is CC(=O)OCCCC(=O)c1ccc(Cc2cc(-c3c(F)cccc3F)nc3c2C(=O)NC3)nc1. The largest absolute Gasteiger partial charge is 0.466 e. The van der Waals surface area contributed by atoms with Crippen molar-refractivity contribution < 1.29 is 27.9 Å². The molecule has 4 rings (SSSR count). The zero-order valence-corrected chi connectivity index (χ0v) is 18.4. The van der Waals surface area contributed by atoms with Crippen LogP contribution in [0.1, 0.15) is 57.4 Å². The number of carbonyl (C=O) groups is 3. The summed E-state index contributed by atoms with van der Waals surface area (Å²) in [5.41, 5.74) is 2.15. The minimum absolute atomic E-state index is 0.0976. The number of fused-ring (bicyclic) bond motifs is 1.